The molecule has 0 aliphatic carbocycles. The fourth-order valence-corrected chi connectivity index (χ4v) is 1.33. The molecule has 0 aromatic heterocycles. The van der Waals surface area contributed by atoms with Crippen molar-refractivity contribution in [2.24, 2.45) is 11.8 Å². The van der Waals surface area contributed by atoms with Gasteiger partial charge in [-0.05, 0) is 18.8 Å². The Morgan fingerprint density at radius 1 is 1.54 bits per heavy atom. The molecule has 0 saturated heterocycles. The van der Waals surface area contributed by atoms with E-state index in [0.717, 1.165) is 18.2 Å². The SMILES string of the molecule is CC(C)CC(C=O)CC/C(F)=C/Cl. The Morgan fingerprint density at radius 2 is 2.15 bits per heavy atom. The standard InChI is InChI=1S/C10H16ClFO/c1-8(2)5-9(7-13)3-4-10(12)6-11/h6-9H,3-5H2,1-2H3/b10-6-. The minimum absolute atomic E-state index is 0.0395. The summed E-state index contributed by atoms with van der Waals surface area (Å²) < 4.78 is 12.6. The summed E-state index contributed by atoms with van der Waals surface area (Å²) in [5.41, 5.74) is 0.928. The third kappa shape index (κ3) is 6.76. The number of carbonyl (C=O) groups is 1. The largest absolute Gasteiger partial charge is 0.303 e. The fourth-order valence-electron chi connectivity index (χ4n) is 1.22. The fraction of sp³-hybridized carbons (Fsp3) is 0.700. The highest BCUT2D eigenvalue weighted by Crippen LogP contribution is 2.18. The van der Waals surface area contributed by atoms with Crippen molar-refractivity contribution >= 4 is 17.9 Å². The highest BCUT2D eigenvalue weighted by atomic mass is 35.5. The molecule has 0 saturated carbocycles. The molecule has 0 aliphatic heterocycles. The maximum Gasteiger partial charge on any atom is 0.123 e. The highest BCUT2D eigenvalue weighted by Gasteiger charge is 2.10. The zero-order valence-electron chi connectivity index (χ0n) is 8.09. The zero-order valence-corrected chi connectivity index (χ0v) is 8.85. The molecule has 0 rings (SSSR count). The molecule has 1 unspecified atom stereocenters. The Kier molecular flexibility index (Phi) is 6.87. The van der Waals surface area contributed by atoms with Crippen LogP contribution in [0.15, 0.2) is 11.4 Å². The summed E-state index contributed by atoms with van der Waals surface area (Å²) in [5.74, 6) is 0.0814. The third-order valence-corrected chi connectivity index (χ3v) is 2.08. The van der Waals surface area contributed by atoms with Crippen LogP contribution in [0, 0.1) is 11.8 Å². The Morgan fingerprint density at radius 3 is 2.54 bits per heavy atom. The first-order chi connectivity index (χ1) is 6.10. The summed E-state index contributed by atoms with van der Waals surface area (Å²) in [4.78, 5) is 10.6. The first-order valence-corrected chi connectivity index (χ1v) is 4.93. The molecule has 0 aromatic carbocycles. The number of carbonyl (C=O) groups excluding carboxylic acids is 1. The Hall–Kier alpha value is -0.370. The van der Waals surface area contributed by atoms with Crippen molar-refractivity contribution in [3.8, 4) is 0 Å². The molecule has 0 aromatic rings. The monoisotopic (exact) mass is 206 g/mol. The molecule has 0 N–H and O–H groups in total. The summed E-state index contributed by atoms with van der Waals surface area (Å²) in [6.07, 6.45) is 2.54. The Labute approximate surface area is 84.0 Å². The predicted octanol–water partition coefficient (Wildman–Crippen LogP) is 3.68. The van der Waals surface area contributed by atoms with E-state index in [-0.39, 0.29) is 18.2 Å². The zero-order chi connectivity index (χ0) is 10.3. The maximum absolute atomic E-state index is 12.6. The van der Waals surface area contributed by atoms with Crippen molar-refractivity contribution in [3.05, 3.63) is 11.4 Å². The van der Waals surface area contributed by atoms with Crippen molar-refractivity contribution in [1.29, 1.82) is 0 Å². The van der Waals surface area contributed by atoms with Gasteiger partial charge in [0.25, 0.3) is 0 Å². The van der Waals surface area contributed by atoms with Crippen LogP contribution in [0.3, 0.4) is 0 Å². The third-order valence-electron chi connectivity index (χ3n) is 1.84. The molecule has 0 spiro atoms. The molecule has 3 heteroatoms. The van der Waals surface area contributed by atoms with Crippen LogP contribution in [0.5, 0.6) is 0 Å². The van der Waals surface area contributed by atoms with Crippen LogP contribution < -0.4 is 0 Å². The van der Waals surface area contributed by atoms with Gasteiger partial charge >= 0.3 is 0 Å². The maximum atomic E-state index is 12.6. The van der Waals surface area contributed by atoms with Crippen LogP contribution in [0.2, 0.25) is 0 Å². The van der Waals surface area contributed by atoms with E-state index in [1.807, 2.05) is 13.8 Å². The van der Waals surface area contributed by atoms with E-state index in [0.29, 0.717) is 12.3 Å². The lowest BCUT2D eigenvalue weighted by Crippen LogP contribution is -2.05. The van der Waals surface area contributed by atoms with E-state index >= 15 is 0 Å². The average Bonchev–Trinajstić information content (AvgIpc) is 2.10. The molecular weight excluding hydrogens is 191 g/mol. The van der Waals surface area contributed by atoms with E-state index in [4.69, 9.17) is 11.6 Å². The number of allylic oxidation sites excluding steroid dienone is 1. The minimum atomic E-state index is -0.350. The van der Waals surface area contributed by atoms with Crippen molar-refractivity contribution in [2.75, 3.05) is 0 Å². The first-order valence-electron chi connectivity index (χ1n) is 4.50. The molecule has 13 heavy (non-hydrogen) atoms. The number of hydrogen-bond acceptors (Lipinski definition) is 1. The Bertz CT molecular complexity index is 178. The lowest BCUT2D eigenvalue weighted by molar-refractivity contribution is -0.111. The van der Waals surface area contributed by atoms with Crippen molar-refractivity contribution in [3.63, 3.8) is 0 Å². The highest BCUT2D eigenvalue weighted by molar-refractivity contribution is 6.25. The molecule has 0 amide bonds. The predicted molar refractivity (Wildman–Crippen MR) is 53.3 cm³/mol. The van der Waals surface area contributed by atoms with Gasteiger partial charge in [0.05, 0.1) is 0 Å². The average molecular weight is 207 g/mol. The molecular formula is C10H16ClFO. The van der Waals surface area contributed by atoms with Crippen molar-refractivity contribution in [2.45, 2.75) is 33.1 Å². The van der Waals surface area contributed by atoms with Crippen LogP contribution in [0.1, 0.15) is 33.1 Å². The van der Waals surface area contributed by atoms with Gasteiger partial charge in [0, 0.05) is 17.9 Å². The molecule has 0 bridgehead atoms. The summed E-state index contributed by atoms with van der Waals surface area (Å²) in [7, 11) is 0. The normalized spacial score (nSPS) is 14.7. The molecule has 1 atom stereocenters. The van der Waals surface area contributed by atoms with Gasteiger partial charge in [0.15, 0.2) is 0 Å². The van der Waals surface area contributed by atoms with Crippen LogP contribution in [0.25, 0.3) is 0 Å². The minimum Gasteiger partial charge on any atom is -0.303 e. The van der Waals surface area contributed by atoms with Gasteiger partial charge < -0.3 is 4.79 Å². The molecule has 0 heterocycles. The van der Waals surface area contributed by atoms with E-state index < -0.39 is 0 Å². The molecule has 76 valence electrons. The number of aldehydes is 1. The topological polar surface area (TPSA) is 17.1 Å². The van der Waals surface area contributed by atoms with Gasteiger partial charge in [-0.1, -0.05) is 25.4 Å². The lowest BCUT2D eigenvalue weighted by atomic mass is 9.94. The summed E-state index contributed by atoms with van der Waals surface area (Å²) in [6.45, 7) is 4.09. The first kappa shape index (κ1) is 12.6. The number of hydrogen-bond donors (Lipinski definition) is 0. The molecule has 0 aliphatic rings. The van der Waals surface area contributed by atoms with Gasteiger partial charge in [0.2, 0.25) is 0 Å². The summed E-state index contributed by atoms with van der Waals surface area (Å²) in [5, 5.41) is 0. The Balaban J connectivity index is 3.78. The number of rotatable bonds is 6. The quantitative estimate of drug-likeness (QED) is 0.606. The van der Waals surface area contributed by atoms with Crippen LogP contribution in [0.4, 0.5) is 4.39 Å². The van der Waals surface area contributed by atoms with Gasteiger partial charge in [0.1, 0.15) is 12.1 Å². The van der Waals surface area contributed by atoms with Gasteiger partial charge in [-0.15, -0.1) is 0 Å². The van der Waals surface area contributed by atoms with Crippen LogP contribution in [-0.4, -0.2) is 6.29 Å². The van der Waals surface area contributed by atoms with Crippen LogP contribution in [-0.2, 0) is 4.79 Å². The van der Waals surface area contributed by atoms with E-state index in [2.05, 4.69) is 0 Å². The van der Waals surface area contributed by atoms with Gasteiger partial charge in [-0.2, -0.15) is 0 Å². The van der Waals surface area contributed by atoms with E-state index in [1.165, 1.54) is 0 Å². The second-order valence-corrected chi connectivity index (χ2v) is 3.84. The second kappa shape index (κ2) is 7.07. The van der Waals surface area contributed by atoms with E-state index in [1.54, 1.807) is 0 Å². The molecule has 1 nitrogen and oxygen atoms in total. The van der Waals surface area contributed by atoms with Crippen molar-refractivity contribution in [1.82, 2.24) is 0 Å². The summed E-state index contributed by atoms with van der Waals surface area (Å²) in [6, 6.07) is 0. The second-order valence-electron chi connectivity index (χ2n) is 3.62. The van der Waals surface area contributed by atoms with Gasteiger partial charge in [-0.3, -0.25) is 0 Å². The molecule has 0 radical (unpaired) electrons. The smallest absolute Gasteiger partial charge is 0.123 e. The van der Waals surface area contributed by atoms with Crippen LogP contribution >= 0.6 is 11.6 Å². The molecule has 0 fully saturated rings. The number of halogens is 2. The lowest BCUT2D eigenvalue weighted by Gasteiger charge is -2.11. The summed E-state index contributed by atoms with van der Waals surface area (Å²) >= 11 is 5.16. The van der Waals surface area contributed by atoms with Gasteiger partial charge in [-0.25, -0.2) is 4.39 Å². The van der Waals surface area contributed by atoms with Crippen molar-refractivity contribution < 1.29 is 9.18 Å². The van der Waals surface area contributed by atoms with E-state index in [9.17, 15) is 9.18 Å².